The quantitative estimate of drug-likeness (QED) is 0.828. The Morgan fingerprint density at radius 1 is 1.29 bits per heavy atom. The van der Waals surface area contributed by atoms with E-state index in [-0.39, 0.29) is 17.6 Å². The molecule has 6 nitrogen and oxygen atoms in total. The molecule has 1 aromatic rings. The molecule has 3 saturated heterocycles. The fourth-order valence-electron chi connectivity index (χ4n) is 3.83. The number of likely N-dealkylation sites (tertiary alicyclic amines) is 1. The van der Waals surface area contributed by atoms with Crippen LogP contribution in [0, 0.1) is 5.92 Å². The molecule has 3 fully saturated rings. The van der Waals surface area contributed by atoms with Gasteiger partial charge in [-0.25, -0.2) is 4.98 Å². The highest BCUT2D eigenvalue weighted by Gasteiger charge is 2.50. The maximum absolute atomic E-state index is 12.6. The van der Waals surface area contributed by atoms with E-state index in [0.717, 1.165) is 37.2 Å². The van der Waals surface area contributed by atoms with Crippen LogP contribution in [0.4, 0.5) is 0 Å². The van der Waals surface area contributed by atoms with E-state index in [4.69, 9.17) is 9.47 Å². The second-order valence-electron chi connectivity index (χ2n) is 6.89. The van der Waals surface area contributed by atoms with Gasteiger partial charge >= 0.3 is 0 Å². The van der Waals surface area contributed by atoms with Crippen LogP contribution < -0.4 is 4.74 Å². The Hall–Kier alpha value is -1.34. The normalized spacial score (nSPS) is 26.8. The van der Waals surface area contributed by atoms with Crippen LogP contribution in [0.25, 0.3) is 0 Å². The van der Waals surface area contributed by atoms with Crippen LogP contribution in [0.2, 0.25) is 0 Å². The molecule has 24 heavy (non-hydrogen) atoms. The Labute approximate surface area is 146 Å². The molecule has 0 aromatic carbocycles. The molecule has 3 aliphatic heterocycles. The second-order valence-corrected chi connectivity index (χ2v) is 8.11. The van der Waals surface area contributed by atoms with Gasteiger partial charge in [0.25, 0.3) is 0 Å². The number of carbonyl (C=O) groups is 1. The summed E-state index contributed by atoms with van der Waals surface area (Å²) >= 11 is 1.95. The molecule has 1 atom stereocenters. The fourth-order valence-corrected chi connectivity index (χ4v) is 4.94. The minimum Gasteiger partial charge on any atom is -0.473 e. The highest BCUT2D eigenvalue weighted by atomic mass is 32.2. The molecule has 130 valence electrons. The molecule has 0 radical (unpaired) electrons. The standard InChI is InChI=1S/C17H23N3O3S/c21-16(13-2-7-24-8-3-13)20-11-17(12-20)9-14(1-6-22-17)23-15-10-18-4-5-19-15/h4-5,10,13-14H,1-3,6-9,11-12H2. The predicted octanol–water partition coefficient (Wildman–Crippen LogP) is 1.76. The fraction of sp³-hybridized carbons (Fsp3) is 0.706. The molecule has 0 bridgehead atoms. The van der Waals surface area contributed by atoms with Crippen LogP contribution in [0.1, 0.15) is 25.7 Å². The van der Waals surface area contributed by atoms with E-state index < -0.39 is 0 Å². The van der Waals surface area contributed by atoms with Gasteiger partial charge in [-0.05, 0) is 24.3 Å². The average Bonchev–Trinajstić information content (AvgIpc) is 2.61. The Bertz CT molecular complexity index is 574. The molecule has 1 amide bonds. The first kappa shape index (κ1) is 16.1. The van der Waals surface area contributed by atoms with Gasteiger partial charge in [-0.2, -0.15) is 11.8 Å². The molecule has 1 aromatic heterocycles. The van der Waals surface area contributed by atoms with Crippen LogP contribution in [0.3, 0.4) is 0 Å². The van der Waals surface area contributed by atoms with E-state index in [1.165, 1.54) is 0 Å². The molecule has 0 aliphatic carbocycles. The lowest BCUT2D eigenvalue weighted by molar-refractivity contribution is -0.195. The summed E-state index contributed by atoms with van der Waals surface area (Å²) in [6.45, 7) is 2.08. The molecule has 1 spiro atoms. The van der Waals surface area contributed by atoms with E-state index in [2.05, 4.69) is 9.97 Å². The van der Waals surface area contributed by atoms with E-state index in [1.54, 1.807) is 18.6 Å². The topological polar surface area (TPSA) is 64.6 Å². The first-order valence-electron chi connectivity index (χ1n) is 8.67. The van der Waals surface area contributed by atoms with Crippen molar-refractivity contribution in [2.75, 3.05) is 31.2 Å². The molecule has 3 aliphatic rings. The summed E-state index contributed by atoms with van der Waals surface area (Å²) in [5, 5.41) is 0. The van der Waals surface area contributed by atoms with Gasteiger partial charge in [-0.3, -0.25) is 9.78 Å². The first-order valence-corrected chi connectivity index (χ1v) is 9.83. The minimum absolute atomic E-state index is 0.0822. The summed E-state index contributed by atoms with van der Waals surface area (Å²) in [7, 11) is 0. The first-order chi connectivity index (χ1) is 11.7. The lowest BCUT2D eigenvalue weighted by Gasteiger charge is -2.53. The summed E-state index contributed by atoms with van der Waals surface area (Å²) in [5.41, 5.74) is -0.218. The number of nitrogens with zero attached hydrogens (tertiary/aromatic N) is 3. The predicted molar refractivity (Wildman–Crippen MR) is 91.0 cm³/mol. The van der Waals surface area contributed by atoms with Gasteiger partial charge in [-0.15, -0.1) is 0 Å². The lowest BCUT2D eigenvalue weighted by Crippen LogP contribution is -2.68. The Morgan fingerprint density at radius 2 is 2.12 bits per heavy atom. The Morgan fingerprint density at radius 3 is 2.88 bits per heavy atom. The molecular weight excluding hydrogens is 326 g/mol. The van der Waals surface area contributed by atoms with E-state index in [9.17, 15) is 4.79 Å². The molecule has 0 saturated carbocycles. The number of amides is 1. The van der Waals surface area contributed by atoms with Crippen molar-refractivity contribution in [3.63, 3.8) is 0 Å². The summed E-state index contributed by atoms with van der Waals surface area (Å²) in [5.74, 6) is 3.33. The van der Waals surface area contributed by atoms with Crippen LogP contribution in [-0.2, 0) is 9.53 Å². The third kappa shape index (κ3) is 3.37. The van der Waals surface area contributed by atoms with Gasteiger partial charge in [-0.1, -0.05) is 0 Å². The van der Waals surface area contributed by atoms with Crippen molar-refractivity contribution in [2.45, 2.75) is 37.4 Å². The molecule has 7 heteroatoms. The lowest BCUT2D eigenvalue weighted by atomic mass is 9.83. The maximum Gasteiger partial charge on any atom is 0.232 e. The van der Waals surface area contributed by atoms with Crippen molar-refractivity contribution in [3.05, 3.63) is 18.6 Å². The highest BCUT2D eigenvalue weighted by Crippen LogP contribution is 2.37. The number of hydrogen-bond donors (Lipinski definition) is 0. The Kier molecular flexibility index (Phi) is 4.63. The number of ether oxygens (including phenoxy) is 2. The van der Waals surface area contributed by atoms with Crippen LogP contribution >= 0.6 is 11.8 Å². The van der Waals surface area contributed by atoms with Crippen molar-refractivity contribution < 1.29 is 14.3 Å². The zero-order valence-electron chi connectivity index (χ0n) is 13.7. The number of rotatable bonds is 3. The molecule has 4 heterocycles. The van der Waals surface area contributed by atoms with Crippen molar-refractivity contribution in [1.29, 1.82) is 0 Å². The smallest absolute Gasteiger partial charge is 0.232 e. The molecule has 0 N–H and O–H groups in total. The minimum atomic E-state index is -0.218. The monoisotopic (exact) mass is 349 g/mol. The SMILES string of the molecule is O=C(C1CCSCC1)N1CC2(CC(Oc3cnccn3)CCO2)C1. The summed E-state index contributed by atoms with van der Waals surface area (Å²) < 4.78 is 12.0. The zero-order valence-corrected chi connectivity index (χ0v) is 14.5. The van der Waals surface area contributed by atoms with E-state index in [1.807, 2.05) is 16.7 Å². The number of hydrogen-bond acceptors (Lipinski definition) is 6. The zero-order chi connectivity index (χ0) is 16.4. The van der Waals surface area contributed by atoms with Gasteiger partial charge in [0.15, 0.2) is 0 Å². The average molecular weight is 349 g/mol. The van der Waals surface area contributed by atoms with Gasteiger partial charge < -0.3 is 14.4 Å². The van der Waals surface area contributed by atoms with Crippen molar-refractivity contribution >= 4 is 17.7 Å². The summed E-state index contributed by atoms with van der Waals surface area (Å²) in [4.78, 5) is 22.8. The van der Waals surface area contributed by atoms with Gasteiger partial charge in [0.05, 0.1) is 25.9 Å². The third-order valence-corrected chi connectivity index (χ3v) is 6.16. The van der Waals surface area contributed by atoms with Gasteiger partial charge in [0.1, 0.15) is 11.7 Å². The van der Waals surface area contributed by atoms with Crippen LogP contribution in [0.15, 0.2) is 18.6 Å². The van der Waals surface area contributed by atoms with Crippen LogP contribution in [0.5, 0.6) is 5.88 Å². The second kappa shape index (κ2) is 6.88. The largest absolute Gasteiger partial charge is 0.473 e. The molecule has 4 rings (SSSR count). The van der Waals surface area contributed by atoms with Gasteiger partial charge in [0, 0.05) is 31.2 Å². The number of carbonyl (C=O) groups excluding carboxylic acids is 1. The number of aromatic nitrogens is 2. The third-order valence-electron chi connectivity index (χ3n) is 5.11. The van der Waals surface area contributed by atoms with Crippen molar-refractivity contribution in [1.82, 2.24) is 14.9 Å². The molecular formula is C17H23N3O3S. The van der Waals surface area contributed by atoms with Crippen LogP contribution in [-0.4, -0.2) is 63.7 Å². The Balaban J connectivity index is 1.31. The van der Waals surface area contributed by atoms with E-state index in [0.29, 0.717) is 31.5 Å². The maximum atomic E-state index is 12.6. The summed E-state index contributed by atoms with van der Waals surface area (Å²) in [6.07, 6.45) is 8.70. The van der Waals surface area contributed by atoms with Gasteiger partial charge in [0.2, 0.25) is 11.8 Å². The summed E-state index contributed by atoms with van der Waals surface area (Å²) in [6, 6.07) is 0. The van der Waals surface area contributed by atoms with Crippen molar-refractivity contribution in [3.8, 4) is 5.88 Å². The molecule has 1 unspecified atom stereocenters. The number of thioether (sulfide) groups is 1. The highest BCUT2D eigenvalue weighted by molar-refractivity contribution is 7.99. The van der Waals surface area contributed by atoms with E-state index >= 15 is 0 Å². The van der Waals surface area contributed by atoms with Crippen molar-refractivity contribution in [2.24, 2.45) is 5.92 Å².